The molecule has 0 spiro atoms. The highest BCUT2D eigenvalue weighted by atomic mass is 35.5. The second-order valence-electron chi connectivity index (χ2n) is 10.6. The molecule has 0 saturated carbocycles. The highest BCUT2D eigenvalue weighted by molar-refractivity contribution is 7.92. The average Bonchev–Trinajstić information content (AvgIpc) is 2.98. The van der Waals surface area contributed by atoms with E-state index >= 15 is 0 Å². The Kier molecular flexibility index (Phi) is 11.9. The Morgan fingerprint density at radius 1 is 0.886 bits per heavy atom. The normalized spacial score (nSPS) is 12.7. The average molecular weight is 665 g/mol. The molecule has 12 heteroatoms. The SMILES string of the molecule is CC[C@H](C)NC(=O)[C@H](C)N(Cc1ccc(Cl)c(Cl)c1)C(=O)CN(c1cc(C)cc(C)c1)S(=O)(=O)c1ccc(OC)c(OC)c1. The molecule has 0 aromatic heterocycles. The third kappa shape index (κ3) is 8.37. The molecule has 0 radical (unpaired) electrons. The van der Waals surface area contributed by atoms with Gasteiger partial charge in [0.05, 0.1) is 34.8 Å². The van der Waals surface area contributed by atoms with E-state index in [4.69, 9.17) is 32.7 Å². The van der Waals surface area contributed by atoms with Crippen LogP contribution in [-0.2, 0) is 26.2 Å². The van der Waals surface area contributed by atoms with Gasteiger partial charge in [-0.25, -0.2) is 8.42 Å². The zero-order chi connectivity index (χ0) is 32.8. The van der Waals surface area contributed by atoms with Gasteiger partial charge >= 0.3 is 0 Å². The third-order valence-corrected chi connectivity index (χ3v) is 9.73. The number of aryl methyl sites for hydroxylation is 2. The summed E-state index contributed by atoms with van der Waals surface area (Å²) in [4.78, 5) is 28.7. The maximum absolute atomic E-state index is 14.3. The van der Waals surface area contributed by atoms with Crippen LogP contribution in [-0.4, -0.2) is 58.0 Å². The van der Waals surface area contributed by atoms with Crippen molar-refractivity contribution in [3.63, 3.8) is 0 Å². The van der Waals surface area contributed by atoms with Crippen molar-refractivity contribution in [1.82, 2.24) is 10.2 Å². The highest BCUT2D eigenvalue weighted by Gasteiger charge is 2.33. The van der Waals surface area contributed by atoms with Crippen LogP contribution in [0, 0.1) is 13.8 Å². The number of methoxy groups -OCH3 is 2. The number of nitrogens with zero attached hydrogens (tertiary/aromatic N) is 2. The van der Waals surface area contributed by atoms with Crippen LogP contribution in [0.4, 0.5) is 5.69 Å². The molecule has 44 heavy (non-hydrogen) atoms. The number of halogens is 2. The minimum atomic E-state index is -4.32. The number of ether oxygens (including phenoxy) is 2. The molecule has 1 N–H and O–H groups in total. The molecule has 0 bridgehead atoms. The molecule has 0 aliphatic rings. The Labute approximate surface area is 270 Å². The van der Waals surface area contributed by atoms with E-state index in [9.17, 15) is 18.0 Å². The predicted octanol–water partition coefficient (Wildman–Crippen LogP) is 6.15. The molecule has 0 heterocycles. The summed E-state index contributed by atoms with van der Waals surface area (Å²) in [5.41, 5.74) is 2.55. The number of hydrogen-bond donors (Lipinski definition) is 1. The van der Waals surface area contributed by atoms with Crippen LogP contribution in [0.5, 0.6) is 11.5 Å². The molecule has 2 amide bonds. The van der Waals surface area contributed by atoms with Crippen molar-refractivity contribution in [2.45, 2.75) is 64.6 Å². The molecule has 9 nitrogen and oxygen atoms in total. The van der Waals surface area contributed by atoms with Crippen LogP contribution in [0.25, 0.3) is 0 Å². The number of carbonyl (C=O) groups is 2. The van der Waals surface area contributed by atoms with Crippen molar-refractivity contribution in [3.05, 3.63) is 81.3 Å². The third-order valence-electron chi connectivity index (χ3n) is 7.22. The molecule has 3 aromatic rings. The minimum Gasteiger partial charge on any atom is -0.493 e. The second-order valence-corrected chi connectivity index (χ2v) is 13.3. The van der Waals surface area contributed by atoms with Crippen molar-refractivity contribution in [3.8, 4) is 11.5 Å². The standard InChI is InChI=1S/C32H39Cl2N3O6S/c1-8-22(4)35-32(39)23(5)36(18-24-9-11-27(33)28(34)16-24)31(38)19-37(25-14-20(2)13-21(3)15-25)44(40,41)26-10-12-29(42-6)30(17-26)43-7/h9-17,22-23H,8,18-19H2,1-7H3,(H,35,39)/t22-,23-/m0/s1. The van der Waals surface area contributed by atoms with Crippen LogP contribution in [0.1, 0.15) is 43.9 Å². The largest absolute Gasteiger partial charge is 0.493 e. The van der Waals surface area contributed by atoms with Crippen molar-refractivity contribution in [1.29, 1.82) is 0 Å². The first-order chi connectivity index (χ1) is 20.7. The van der Waals surface area contributed by atoms with Gasteiger partial charge in [-0.15, -0.1) is 0 Å². The number of benzene rings is 3. The first-order valence-electron chi connectivity index (χ1n) is 14.1. The number of hydrogen-bond acceptors (Lipinski definition) is 6. The maximum Gasteiger partial charge on any atom is 0.264 e. The minimum absolute atomic E-state index is 0.0120. The fraction of sp³-hybridized carbons (Fsp3) is 0.375. The summed E-state index contributed by atoms with van der Waals surface area (Å²) in [6.07, 6.45) is 0.698. The Bertz CT molecular complexity index is 1600. The van der Waals surface area contributed by atoms with Crippen LogP contribution in [0.15, 0.2) is 59.5 Å². The first kappa shape index (κ1) is 35.0. The number of carbonyl (C=O) groups excluding carboxylic acids is 2. The van der Waals surface area contributed by atoms with E-state index in [2.05, 4.69) is 5.32 Å². The molecule has 0 saturated heterocycles. The summed E-state index contributed by atoms with van der Waals surface area (Å²) in [6, 6.07) is 13.4. The molecule has 0 aliphatic heterocycles. The van der Waals surface area contributed by atoms with Crippen LogP contribution in [0.2, 0.25) is 10.0 Å². The van der Waals surface area contributed by atoms with Gasteiger partial charge in [0.25, 0.3) is 10.0 Å². The molecule has 2 atom stereocenters. The first-order valence-corrected chi connectivity index (χ1v) is 16.3. The van der Waals surface area contributed by atoms with Gasteiger partial charge in [-0.05, 0) is 87.2 Å². The molecule has 3 aromatic carbocycles. The van der Waals surface area contributed by atoms with Gasteiger partial charge in [-0.3, -0.25) is 13.9 Å². The number of nitrogens with one attached hydrogen (secondary N) is 1. The van der Waals surface area contributed by atoms with Gasteiger partial charge in [0.2, 0.25) is 11.8 Å². The van der Waals surface area contributed by atoms with E-state index in [0.717, 1.165) is 15.4 Å². The molecule has 3 rings (SSSR count). The van der Waals surface area contributed by atoms with E-state index in [1.807, 2.05) is 33.8 Å². The maximum atomic E-state index is 14.3. The van der Waals surface area contributed by atoms with Crippen molar-refractivity contribution in [2.75, 3.05) is 25.1 Å². The van der Waals surface area contributed by atoms with E-state index in [0.29, 0.717) is 33.5 Å². The van der Waals surface area contributed by atoms with Gasteiger partial charge in [-0.2, -0.15) is 0 Å². The summed E-state index contributed by atoms with van der Waals surface area (Å²) in [5.74, 6) is -0.383. The number of anilines is 1. The number of amides is 2. The lowest BCUT2D eigenvalue weighted by molar-refractivity contribution is -0.139. The molecule has 0 aliphatic carbocycles. The van der Waals surface area contributed by atoms with Crippen molar-refractivity contribution < 1.29 is 27.5 Å². The van der Waals surface area contributed by atoms with E-state index in [1.54, 1.807) is 37.3 Å². The zero-order valence-electron chi connectivity index (χ0n) is 26.0. The lowest BCUT2D eigenvalue weighted by Crippen LogP contribution is -2.52. The Hall–Kier alpha value is -3.47. The predicted molar refractivity (Wildman–Crippen MR) is 174 cm³/mol. The summed E-state index contributed by atoms with van der Waals surface area (Å²) in [5, 5.41) is 3.55. The molecule has 0 unspecified atom stereocenters. The summed E-state index contributed by atoms with van der Waals surface area (Å²) < 4.78 is 40.2. The number of rotatable bonds is 13. The van der Waals surface area contributed by atoms with E-state index in [-0.39, 0.29) is 29.1 Å². The lowest BCUT2D eigenvalue weighted by Gasteiger charge is -2.32. The molecular weight excluding hydrogens is 625 g/mol. The van der Waals surface area contributed by atoms with Crippen LogP contribution >= 0.6 is 23.2 Å². The second kappa shape index (κ2) is 15.0. The van der Waals surface area contributed by atoms with Crippen molar-refractivity contribution in [2.24, 2.45) is 0 Å². The summed E-state index contributed by atoms with van der Waals surface area (Å²) in [7, 11) is -1.46. The van der Waals surface area contributed by atoms with Crippen LogP contribution < -0.4 is 19.1 Å². The smallest absolute Gasteiger partial charge is 0.264 e. The Morgan fingerprint density at radius 2 is 1.52 bits per heavy atom. The summed E-state index contributed by atoms with van der Waals surface area (Å²) in [6.45, 7) is 8.51. The fourth-order valence-corrected chi connectivity index (χ4v) is 6.34. The quantitative estimate of drug-likeness (QED) is 0.235. The van der Waals surface area contributed by atoms with Gasteiger partial charge in [0.15, 0.2) is 11.5 Å². The van der Waals surface area contributed by atoms with Gasteiger partial charge < -0.3 is 19.7 Å². The zero-order valence-corrected chi connectivity index (χ0v) is 28.3. The molecule has 0 fully saturated rings. The fourth-order valence-electron chi connectivity index (χ4n) is 4.61. The lowest BCUT2D eigenvalue weighted by atomic mass is 10.1. The molecule has 238 valence electrons. The van der Waals surface area contributed by atoms with Gasteiger partial charge in [0.1, 0.15) is 12.6 Å². The highest BCUT2D eigenvalue weighted by Crippen LogP contribution is 2.33. The van der Waals surface area contributed by atoms with E-state index < -0.39 is 28.5 Å². The Balaban J connectivity index is 2.12. The van der Waals surface area contributed by atoms with Gasteiger partial charge in [0, 0.05) is 18.7 Å². The van der Waals surface area contributed by atoms with Gasteiger partial charge in [-0.1, -0.05) is 42.3 Å². The summed E-state index contributed by atoms with van der Waals surface area (Å²) >= 11 is 12.4. The van der Waals surface area contributed by atoms with Crippen LogP contribution in [0.3, 0.4) is 0 Å². The van der Waals surface area contributed by atoms with Crippen molar-refractivity contribution >= 4 is 50.7 Å². The monoisotopic (exact) mass is 663 g/mol. The topological polar surface area (TPSA) is 105 Å². The van der Waals surface area contributed by atoms with E-state index in [1.165, 1.54) is 37.3 Å². The molecular formula is C32H39Cl2N3O6S. The number of sulfonamides is 1. The Morgan fingerprint density at radius 3 is 2.09 bits per heavy atom.